The predicted octanol–water partition coefficient (Wildman–Crippen LogP) is 3.32. The molecule has 0 aliphatic heterocycles. The highest BCUT2D eigenvalue weighted by Crippen LogP contribution is 2.31. The molecule has 0 saturated heterocycles. The maximum Gasteiger partial charge on any atom is 0.336 e. The van der Waals surface area contributed by atoms with Crippen LogP contribution in [0.15, 0.2) is 42.0 Å². The van der Waals surface area contributed by atoms with Gasteiger partial charge in [0.05, 0.1) is 18.8 Å². The molecule has 0 aromatic heterocycles. The number of rotatable bonds is 6. The summed E-state index contributed by atoms with van der Waals surface area (Å²) >= 11 is 0. The summed E-state index contributed by atoms with van der Waals surface area (Å²) in [4.78, 5) is 12.0. The van der Waals surface area contributed by atoms with E-state index in [0.717, 1.165) is 6.42 Å². The first-order valence-corrected chi connectivity index (χ1v) is 6.90. The summed E-state index contributed by atoms with van der Waals surface area (Å²) in [5, 5.41) is 0. The minimum atomic E-state index is -0.286. The highest BCUT2D eigenvalue weighted by Gasteiger charge is 2.18. The maximum atomic E-state index is 12.0. The van der Waals surface area contributed by atoms with Crippen LogP contribution in [0.4, 0.5) is 0 Å². The number of ether oxygens (including phenoxy) is 2. The van der Waals surface area contributed by atoms with Crippen LogP contribution in [0.3, 0.4) is 0 Å². The molecule has 1 unspecified atom stereocenters. The zero-order valence-corrected chi connectivity index (χ0v) is 12.0. The van der Waals surface area contributed by atoms with Crippen molar-refractivity contribution in [1.82, 2.24) is 0 Å². The molecule has 0 saturated carbocycles. The Morgan fingerprint density at radius 1 is 1.35 bits per heavy atom. The lowest BCUT2D eigenvalue weighted by Gasteiger charge is -2.11. The van der Waals surface area contributed by atoms with E-state index >= 15 is 0 Å². The van der Waals surface area contributed by atoms with E-state index in [9.17, 15) is 4.79 Å². The average molecular weight is 272 g/mol. The number of hydrogen-bond donors (Lipinski definition) is 0. The van der Waals surface area contributed by atoms with Gasteiger partial charge in [-0.05, 0) is 17.5 Å². The van der Waals surface area contributed by atoms with Crippen molar-refractivity contribution in [2.45, 2.75) is 19.3 Å². The Hall–Kier alpha value is -1.87. The van der Waals surface area contributed by atoms with Crippen LogP contribution >= 0.6 is 0 Å². The van der Waals surface area contributed by atoms with Gasteiger partial charge in [0.1, 0.15) is 0 Å². The van der Waals surface area contributed by atoms with Gasteiger partial charge in [0.2, 0.25) is 0 Å². The summed E-state index contributed by atoms with van der Waals surface area (Å²) in [6.45, 7) is 2.69. The third-order valence-electron chi connectivity index (χ3n) is 3.22. The van der Waals surface area contributed by atoms with Crippen LogP contribution in [0.2, 0.25) is 0 Å². The fraction of sp³-hybridized carbons (Fsp3) is 0.353. The third-order valence-corrected chi connectivity index (χ3v) is 3.22. The highest BCUT2D eigenvalue weighted by atomic mass is 16.5. The average Bonchev–Trinajstić information content (AvgIpc) is 2.87. The zero-order chi connectivity index (χ0) is 14.4. The van der Waals surface area contributed by atoms with Crippen LogP contribution in [-0.4, -0.2) is 26.3 Å². The number of allylic oxidation sites excluding steroid dienone is 2. The Morgan fingerprint density at radius 2 is 2.15 bits per heavy atom. The van der Waals surface area contributed by atoms with Crippen LogP contribution in [0.1, 0.15) is 30.4 Å². The molecular formula is C17H20O3. The van der Waals surface area contributed by atoms with Crippen LogP contribution in [0.5, 0.6) is 0 Å². The Balaban J connectivity index is 2.18. The lowest BCUT2D eigenvalue weighted by atomic mass is 9.98. The van der Waals surface area contributed by atoms with E-state index in [0.29, 0.717) is 12.2 Å². The molecule has 0 N–H and O–H groups in total. The van der Waals surface area contributed by atoms with Gasteiger partial charge in [-0.2, -0.15) is 0 Å². The molecule has 20 heavy (non-hydrogen) atoms. The van der Waals surface area contributed by atoms with Gasteiger partial charge in [-0.25, -0.2) is 4.79 Å². The van der Waals surface area contributed by atoms with E-state index in [1.807, 2.05) is 25.1 Å². The van der Waals surface area contributed by atoms with E-state index in [-0.39, 0.29) is 18.5 Å². The number of carbonyl (C=O) groups is 1. The molecule has 2 rings (SSSR count). The minimum Gasteiger partial charge on any atom is -0.462 e. The van der Waals surface area contributed by atoms with Gasteiger partial charge >= 0.3 is 5.97 Å². The molecule has 1 atom stereocenters. The molecule has 0 amide bonds. The second kappa shape index (κ2) is 7.06. The largest absolute Gasteiger partial charge is 0.462 e. The lowest BCUT2D eigenvalue weighted by Crippen LogP contribution is -2.13. The van der Waals surface area contributed by atoms with Crippen LogP contribution < -0.4 is 0 Å². The van der Waals surface area contributed by atoms with Crippen LogP contribution in [0.25, 0.3) is 6.08 Å². The second-order valence-electron chi connectivity index (χ2n) is 4.77. The second-order valence-corrected chi connectivity index (χ2v) is 4.77. The summed E-state index contributed by atoms with van der Waals surface area (Å²) in [7, 11) is 1.58. The standard InChI is InChI=1S/C17H20O3/c1-3-10-20-17(18)15(12-19-2)11-14-9-8-13-6-4-5-7-16(13)14/h4-9,11,14H,3,10,12H2,1-2H3. The summed E-state index contributed by atoms with van der Waals surface area (Å²) in [5.41, 5.74) is 2.99. The van der Waals surface area contributed by atoms with Crippen molar-refractivity contribution in [3.8, 4) is 0 Å². The van der Waals surface area contributed by atoms with Crippen LogP contribution in [-0.2, 0) is 14.3 Å². The number of fused-ring (bicyclic) bond motifs is 1. The number of hydrogen-bond acceptors (Lipinski definition) is 3. The summed E-state index contributed by atoms with van der Waals surface area (Å²) < 4.78 is 10.3. The molecule has 1 aromatic carbocycles. The monoisotopic (exact) mass is 272 g/mol. The Labute approximate surface area is 119 Å². The highest BCUT2D eigenvalue weighted by molar-refractivity contribution is 5.89. The van der Waals surface area contributed by atoms with Crippen molar-refractivity contribution >= 4 is 12.0 Å². The topological polar surface area (TPSA) is 35.5 Å². The predicted molar refractivity (Wildman–Crippen MR) is 79.4 cm³/mol. The molecule has 0 fully saturated rings. The Morgan fingerprint density at radius 3 is 2.90 bits per heavy atom. The quantitative estimate of drug-likeness (QED) is 0.588. The van der Waals surface area contributed by atoms with Gasteiger partial charge in [0.15, 0.2) is 0 Å². The molecule has 3 nitrogen and oxygen atoms in total. The van der Waals surface area contributed by atoms with Gasteiger partial charge in [-0.1, -0.05) is 49.4 Å². The molecule has 0 spiro atoms. The molecule has 3 heteroatoms. The molecule has 106 valence electrons. The number of methoxy groups -OCH3 is 1. The van der Waals surface area contributed by atoms with Gasteiger partial charge < -0.3 is 9.47 Å². The molecule has 0 radical (unpaired) electrons. The number of benzene rings is 1. The molecule has 0 bridgehead atoms. The minimum absolute atomic E-state index is 0.116. The zero-order valence-electron chi connectivity index (χ0n) is 12.0. The lowest BCUT2D eigenvalue weighted by molar-refractivity contribution is -0.139. The normalized spacial score (nSPS) is 17.1. The summed E-state index contributed by atoms with van der Waals surface area (Å²) in [5.74, 6) is -0.169. The Kier molecular flexibility index (Phi) is 5.13. The van der Waals surface area contributed by atoms with Crippen molar-refractivity contribution in [1.29, 1.82) is 0 Å². The van der Waals surface area contributed by atoms with E-state index in [1.165, 1.54) is 11.1 Å². The maximum absolute atomic E-state index is 12.0. The molecule has 1 aromatic rings. The summed E-state index contributed by atoms with van der Waals surface area (Å²) in [6, 6.07) is 8.18. The van der Waals surface area contributed by atoms with Gasteiger partial charge in [0.25, 0.3) is 0 Å². The van der Waals surface area contributed by atoms with Gasteiger partial charge in [-0.3, -0.25) is 0 Å². The van der Waals surface area contributed by atoms with Gasteiger partial charge in [-0.15, -0.1) is 0 Å². The fourth-order valence-corrected chi connectivity index (χ4v) is 2.26. The third kappa shape index (κ3) is 3.36. The van der Waals surface area contributed by atoms with E-state index < -0.39 is 0 Å². The first-order valence-electron chi connectivity index (χ1n) is 6.90. The molecule has 1 aliphatic rings. The first-order chi connectivity index (χ1) is 9.76. The smallest absolute Gasteiger partial charge is 0.336 e. The molecular weight excluding hydrogens is 252 g/mol. The van der Waals surface area contributed by atoms with Crippen molar-refractivity contribution in [2.24, 2.45) is 0 Å². The number of esters is 1. The molecule has 1 aliphatic carbocycles. The summed E-state index contributed by atoms with van der Waals surface area (Å²) in [6.07, 6.45) is 6.92. The SMILES string of the molecule is CCCOC(=O)C(=CC1C=Cc2ccccc21)COC. The van der Waals surface area contributed by atoms with E-state index in [4.69, 9.17) is 9.47 Å². The van der Waals surface area contributed by atoms with E-state index in [2.05, 4.69) is 24.3 Å². The van der Waals surface area contributed by atoms with Crippen LogP contribution in [0, 0.1) is 0 Å². The Bertz CT molecular complexity index is 529. The fourth-order valence-electron chi connectivity index (χ4n) is 2.26. The van der Waals surface area contributed by atoms with Crippen molar-refractivity contribution in [3.05, 3.63) is 53.1 Å². The van der Waals surface area contributed by atoms with Gasteiger partial charge in [0, 0.05) is 13.0 Å². The first kappa shape index (κ1) is 14.5. The molecule has 0 heterocycles. The number of carbonyl (C=O) groups excluding carboxylic acids is 1. The van der Waals surface area contributed by atoms with E-state index in [1.54, 1.807) is 7.11 Å². The van der Waals surface area contributed by atoms with Crippen molar-refractivity contribution in [3.63, 3.8) is 0 Å². The van der Waals surface area contributed by atoms with Crippen molar-refractivity contribution < 1.29 is 14.3 Å². The van der Waals surface area contributed by atoms with Crippen molar-refractivity contribution in [2.75, 3.05) is 20.3 Å².